The minimum absolute atomic E-state index is 0.0454. The van der Waals surface area contributed by atoms with Gasteiger partial charge in [-0.1, -0.05) is 12.1 Å². The minimum atomic E-state index is -0.0454. The predicted octanol–water partition coefficient (Wildman–Crippen LogP) is 1.62. The number of nitrogens with one attached hydrogen (secondary N) is 2. The molecule has 0 radical (unpaired) electrons. The summed E-state index contributed by atoms with van der Waals surface area (Å²) >= 11 is 0. The van der Waals surface area contributed by atoms with Gasteiger partial charge in [-0.15, -0.1) is 10.2 Å². The minimum Gasteiger partial charge on any atom is -0.345 e. The molecule has 0 aliphatic carbocycles. The Balaban J connectivity index is 1.43. The first-order valence-electron chi connectivity index (χ1n) is 8.81. The van der Waals surface area contributed by atoms with Crippen molar-refractivity contribution in [3.63, 3.8) is 0 Å². The second-order valence-electron chi connectivity index (χ2n) is 6.64. The molecular weight excluding hydrogens is 302 g/mol. The van der Waals surface area contributed by atoms with E-state index in [2.05, 4.69) is 31.5 Å². The van der Waals surface area contributed by atoms with Gasteiger partial charge in [-0.25, -0.2) is 0 Å². The summed E-state index contributed by atoms with van der Waals surface area (Å²) < 4.78 is 2.14. The van der Waals surface area contributed by atoms with Crippen LogP contribution in [0.5, 0.6) is 0 Å². The summed E-state index contributed by atoms with van der Waals surface area (Å²) in [6.07, 6.45) is 4.45. The average Bonchev–Trinajstić information content (AvgIpc) is 3.30. The number of aromatic nitrogens is 3. The molecule has 0 bridgehead atoms. The molecule has 6 nitrogen and oxygen atoms in total. The van der Waals surface area contributed by atoms with Gasteiger partial charge < -0.3 is 15.2 Å². The molecule has 0 saturated carbocycles. The van der Waals surface area contributed by atoms with Gasteiger partial charge in [0.05, 0.1) is 6.54 Å². The maximum Gasteiger partial charge on any atom is 0.251 e. The molecule has 2 N–H and O–H groups in total. The zero-order valence-electron chi connectivity index (χ0n) is 13.8. The monoisotopic (exact) mass is 325 g/mol. The third-order valence-electron chi connectivity index (χ3n) is 5.02. The molecule has 126 valence electrons. The van der Waals surface area contributed by atoms with Crippen molar-refractivity contribution < 1.29 is 4.79 Å². The van der Waals surface area contributed by atoms with Gasteiger partial charge in [-0.3, -0.25) is 4.79 Å². The number of amides is 1. The fourth-order valence-electron chi connectivity index (χ4n) is 3.63. The molecule has 1 aromatic carbocycles. The molecule has 1 atom stereocenters. The highest BCUT2D eigenvalue weighted by atomic mass is 16.1. The van der Waals surface area contributed by atoms with Gasteiger partial charge in [0.1, 0.15) is 5.82 Å². The van der Waals surface area contributed by atoms with Crippen molar-refractivity contribution in [3.05, 3.63) is 47.0 Å². The van der Waals surface area contributed by atoms with E-state index in [-0.39, 0.29) is 5.91 Å². The van der Waals surface area contributed by atoms with Gasteiger partial charge >= 0.3 is 0 Å². The lowest BCUT2D eigenvalue weighted by atomic mass is 9.96. The smallest absolute Gasteiger partial charge is 0.251 e. The van der Waals surface area contributed by atoms with Crippen LogP contribution in [0, 0.1) is 0 Å². The molecule has 0 unspecified atom stereocenters. The molecule has 0 spiro atoms. The highest BCUT2D eigenvalue weighted by molar-refractivity contribution is 5.94. The van der Waals surface area contributed by atoms with Crippen LogP contribution in [0.2, 0.25) is 0 Å². The quantitative estimate of drug-likeness (QED) is 0.896. The van der Waals surface area contributed by atoms with Gasteiger partial charge in [0.25, 0.3) is 5.91 Å². The number of hydrogen-bond acceptors (Lipinski definition) is 4. The Morgan fingerprint density at radius 1 is 1.33 bits per heavy atom. The van der Waals surface area contributed by atoms with Crippen LogP contribution in [0.15, 0.2) is 24.3 Å². The van der Waals surface area contributed by atoms with Gasteiger partial charge in [0, 0.05) is 25.1 Å². The van der Waals surface area contributed by atoms with Crippen molar-refractivity contribution in [1.29, 1.82) is 0 Å². The summed E-state index contributed by atoms with van der Waals surface area (Å²) in [6.45, 7) is 3.44. The van der Waals surface area contributed by atoms with E-state index in [1.165, 1.54) is 12.0 Å². The zero-order valence-corrected chi connectivity index (χ0v) is 13.8. The van der Waals surface area contributed by atoms with Crippen LogP contribution in [-0.2, 0) is 19.5 Å². The van der Waals surface area contributed by atoms with E-state index in [4.69, 9.17) is 0 Å². The zero-order chi connectivity index (χ0) is 16.4. The third kappa shape index (κ3) is 3.06. The van der Waals surface area contributed by atoms with E-state index in [0.717, 1.165) is 56.1 Å². The number of carbonyl (C=O) groups excluding carboxylic acids is 1. The summed E-state index contributed by atoms with van der Waals surface area (Å²) in [5.74, 6) is 2.37. The number of benzene rings is 1. The summed E-state index contributed by atoms with van der Waals surface area (Å²) in [6, 6.07) is 7.98. The lowest BCUT2D eigenvalue weighted by molar-refractivity contribution is 0.0949. The Bertz CT molecular complexity index is 733. The van der Waals surface area contributed by atoms with Crippen LogP contribution in [0.3, 0.4) is 0 Å². The van der Waals surface area contributed by atoms with Crippen molar-refractivity contribution in [3.8, 4) is 0 Å². The van der Waals surface area contributed by atoms with Crippen LogP contribution in [0.25, 0.3) is 0 Å². The van der Waals surface area contributed by atoms with Crippen LogP contribution < -0.4 is 10.6 Å². The Kier molecular flexibility index (Phi) is 4.30. The molecule has 1 fully saturated rings. The highest BCUT2D eigenvalue weighted by Gasteiger charge is 2.19. The molecule has 6 heteroatoms. The van der Waals surface area contributed by atoms with Crippen molar-refractivity contribution >= 4 is 5.91 Å². The molecular formula is C18H23N5O. The first-order chi connectivity index (χ1) is 11.8. The first-order valence-corrected chi connectivity index (χ1v) is 8.81. The number of nitrogens with zero attached hydrogens (tertiary/aromatic N) is 3. The number of aryl methyl sites for hydroxylation is 1. The Morgan fingerprint density at radius 2 is 2.29 bits per heavy atom. The van der Waals surface area contributed by atoms with Crippen LogP contribution in [0.4, 0.5) is 0 Å². The number of fused-ring (bicyclic) bond motifs is 1. The Hall–Kier alpha value is -2.21. The van der Waals surface area contributed by atoms with Crippen LogP contribution >= 0.6 is 0 Å². The summed E-state index contributed by atoms with van der Waals surface area (Å²) in [5, 5.41) is 14.8. The number of hydrogen-bond donors (Lipinski definition) is 2. The van der Waals surface area contributed by atoms with Gasteiger partial charge in [0.15, 0.2) is 5.82 Å². The SMILES string of the molecule is O=C(NCc1nnc2n1CCCC2)c1cccc([C@H]2CCNC2)c1. The molecule has 1 saturated heterocycles. The Morgan fingerprint density at radius 3 is 3.17 bits per heavy atom. The molecule has 3 heterocycles. The van der Waals surface area contributed by atoms with E-state index in [1.54, 1.807) is 0 Å². The maximum atomic E-state index is 12.5. The fourth-order valence-corrected chi connectivity index (χ4v) is 3.63. The van der Waals surface area contributed by atoms with Gasteiger partial charge in [-0.2, -0.15) is 0 Å². The summed E-state index contributed by atoms with van der Waals surface area (Å²) in [7, 11) is 0. The average molecular weight is 325 g/mol. The van der Waals surface area contributed by atoms with Crippen LogP contribution in [0.1, 0.15) is 52.8 Å². The van der Waals surface area contributed by atoms with E-state index in [1.807, 2.05) is 18.2 Å². The number of carbonyl (C=O) groups is 1. The largest absolute Gasteiger partial charge is 0.345 e. The predicted molar refractivity (Wildman–Crippen MR) is 90.8 cm³/mol. The molecule has 1 aromatic heterocycles. The van der Waals surface area contributed by atoms with Crippen molar-refractivity contribution in [1.82, 2.24) is 25.4 Å². The highest BCUT2D eigenvalue weighted by Crippen LogP contribution is 2.23. The second kappa shape index (κ2) is 6.73. The lowest BCUT2D eigenvalue weighted by Gasteiger charge is -2.15. The molecule has 2 aromatic rings. The van der Waals surface area contributed by atoms with Crippen LogP contribution in [-0.4, -0.2) is 33.8 Å². The van der Waals surface area contributed by atoms with Crippen molar-refractivity contribution in [2.75, 3.05) is 13.1 Å². The fraction of sp³-hybridized carbons (Fsp3) is 0.500. The molecule has 4 rings (SSSR count). The lowest BCUT2D eigenvalue weighted by Crippen LogP contribution is -2.25. The molecule has 24 heavy (non-hydrogen) atoms. The van der Waals surface area contributed by atoms with E-state index in [9.17, 15) is 4.79 Å². The maximum absolute atomic E-state index is 12.5. The van der Waals surface area contributed by atoms with Gasteiger partial charge in [0.2, 0.25) is 0 Å². The molecule has 1 amide bonds. The summed E-state index contributed by atoms with van der Waals surface area (Å²) in [5.41, 5.74) is 1.96. The van der Waals surface area contributed by atoms with E-state index >= 15 is 0 Å². The van der Waals surface area contributed by atoms with Crippen molar-refractivity contribution in [2.24, 2.45) is 0 Å². The number of rotatable bonds is 4. The normalized spacial score (nSPS) is 19.9. The molecule has 2 aliphatic rings. The summed E-state index contributed by atoms with van der Waals surface area (Å²) in [4.78, 5) is 12.5. The van der Waals surface area contributed by atoms with E-state index in [0.29, 0.717) is 12.5 Å². The second-order valence-corrected chi connectivity index (χ2v) is 6.64. The topological polar surface area (TPSA) is 71.8 Å². The standard InChI is InChI=1S/C18H23N5O/c24-18(14-5-3-4-13(10-14)15-7-8-19-11-15)20-12-17-22-21-16-6-1-2-9-23(16)17/h3-5,10,15,19H,1-2,6-9,11-12H2,(H,20,24)/t15-/m0/s1. The van der Waals surface area contributed by atoms with Crippen molar-refractivity contribution in [2.45, 2.75) is 44.7 Å². The van der Waals surface area contributed by atoms with Gasteiger partial charge in [-0.05, 0) is 49.4 Å². The van der Waals surface area contributed by atoms with E-state index < -0.39 is 0 Å². The Labute approximate surface area is 141 Å². The third-order valence-corrected chi connectivity index (χ3v) is 5.02. The first kappa shape index (κ1) is 15.3. The molecule has 2 aliphatic heterocycles.